The third-order valence-corrected chi connectivity index (χ3v) is 5.04. The summed E-state index contributed by atoms with van der Waals surface area (Å²) >= 11 is 12.9. The number of rotatable bonds is 5. The molecule has 1 atom stereocenters. The Labute approximate surface area is 129 Å². The van der Waals surface area contributed by atoms with Crippen molar-refractivity contribution < 1.29 is 4.79 Å². The Kier molecular flexibility index (Phi) is 6.83. The number of thioether (sulfide) groups is 1. The minimum absolute atomic E-state index is 0.0530. The summed E-state index contributed by atoms with van der Waals surface area (Å²) in [5.41, 5.74) is 1.01. The third-order valence-electron chi connectivity index (χ3n) is 2.77. The Balaban J connectivity index is 2.67. The lowest BCUT2D eigenvalue weighted by Crippen LogP contribution is -2.22. The van der Waals surface area contributed by atoms with Crippen LogP contribution in [-0.2, 0) is 11.2 Å². The predicted octanol–water partition coefficient (Wildman–Crippen LogP) is 3.67. The van der Waals surface area contributed by atoms with E-state index >= 15 is 0 Å². The summed E-state index contributed by atoms with van der Waals surface area (Å²) in [4.78, 5) is 13.6. The first-order chi connectivity index (χ1) is 8.91. The smallest absolute Gasteiger partial charge is 0.135 e. The van der Waals surface area contributed by atoms with Gasteiger partial charge in [-0.1, -0.05) is 53.8 Å². The number of carbonyl (C=O) groups excluding carboxylic acids is 1. The van der Waals surface area contributed by atoms with Gasteiger partial charge < -0.3 is 4.90 Å². The van der Waals surface area contributed by atoms with Gasteiger partial charge in [-0.25, -0.2) is 0 Å². The molecule has 0 aliphatic rings. The Hall–Kier alpha value is -0.580. The number of carbonyl (C=O) groups is 1. The van der Waals surface area contributed by atoms with Crippen LogP contribution in [0.3, 0.4) is 0 Å². The Bertz CT molecular complexity index is 463. The highest BCUT2D eigenvalue weighted by Crippen LogP contribution is 2.22. The molecule has 0 saturated carbocycles. The highest BCUT2D eigenvalue weighted by molar-refractivity contribution is 8.22. The molecule has 5 heteroatoms. The molecule has 0 aliphatic carbocycles. The maximum atomic E-state index is 11.7. The SMILES string of the molecule is CC(=O)C(CSC(=S)N(C)C)Cc1ccccc1Cl. The molecule has 0 bridgehead atoms. The molecule has 1 aromatic rings. The van der Waals surface area contributed by atoms with Crippen molar-refractivity contribution in [3.05, 3.63) is 34.9 Å². The van der Waals surface area contributed by atoms with Crippen molar-refractivity contribution in [2.24, 2.45) is 5.92 Å². The van der Waals surface area contributed by atoms with E-state index in [1.807, 2.05) is 43.3 Å². The fourth-order valence-corrected chi connectivity index (χ4v) is 2.92. The summed E-state index contributed by atoms with van der Waals surface area (Å²) in [7, 11) is 3.82. The zero-order valence-corrected chi connectivity index (χ0v) is 13.7. The summed E-state index contributed by atoms with van der Waals surface area (Å²) in [6.07, 6.45) is 0.665. The van der Waals surface area contributed by atoms with Crippen molar-refractivity contribution in [3.8, 4) is 0 Å². The van der Waals surface area contributed by atoms with Crippen LogP contribution in [0.4, 0.5) is 0 Å². The highest BCUT2D eigenvalue weighted by atomic mass is 35.5. The zero-order valence-electron chi connectivity index (χ0n) is 11.4. The van der Waals surface area contributed by atoms with Gasteiger partial charge in [-0.15, -0.1) is 0 Å². The molecular formula is C14H18ClNOS2. The minimum atomic E-state index is -0.0530. The molecule has 0 spiro atoms. The number of ketones is 1. The standard InChI is InChI=1S/C14H18ClNOS2/c1-10(17)12(9-19-14(18)16(2)3)8-11-6-4-5-7-13(11)15/h4-7,12H,8-9H2,1-3H3. The van der Waals surface area contributed by atoms with Crippen molar-refractivity contribution in [1.82, 2.24) is 4.90 Å². The Morgan fingerprint density at radius 3 is 2.58 bits per heavy atom. The van der Waals surface area contributed by atoms with Crippen molar-refractivity contribution >= 4 is 45.7 Å². The molecule has 0 amide bonds. The quantitative estimate of drug-likeness (QED) is 0.772. The van der Waals surface area contributed by atoms with Crippen LogP contribution in [0.15, 0.2) is 24.3 Å². The zero-order chi connectivity index (χ0) is 14.4. The van der Waals surface area contributed by atoms with E-state index in [9.17, 15) is 4.79 Å². The van der Waals surface area contributed by atoms with Crippen LogP contribution in [0, 0.1) is 5.92 Å². The van der Waals surface area contributed by atoms with Crippen LogP contribution in [0.2, 0.25) is 5.02 Å². The van der Waals surface area contributed by atoms with Gasteiger partial charge in [-0.05, 0) is 25.0 Å². The molecule has 104 valence electrons. The first kappa shape index (κ1) is 16.5. The average molecular weight is 316 g/mol. The fourth-order valence-electron chi connectivity index (χ4n) is 1.55. The first-order valence-corrected chi connectivity index (χ1v) is 7.77. The number of hydrogen-bond acceptors (Lipinski definition) is 3. The van der Waals surface area contributed by atoms with Gasteiger partial charge in [-0.3, -0.25) is 4.79 Å². The third kappa shape index (κ3) is 5.51. The molecule has 19 heavy (non-hydrogen) atoms. The molecule has 0 N–H and O–H groups in total. The van der Waals surface area contributed by atoms with Crippen molar-refractivity contribution in [2.45, 2.75) is 13.3 Å². The van der Waals surface area contributed by atoms with E-state index in [1.54, 1.807) is 6.92 Å². The minimum Gasteiger partial charge on any atom is -0.364 e. The number of hydrogen-bond donors (Lipinski definition) is 0. The number of Topliss-reactive ketones (excluding diaryl/α,β-unsaturated/α-hetero) is 1. The molecule has 0 fully saturated rings. The van der Waals surface area contributed by atoms with E-state index in [0.717, 1.165) is 9.88 Å². The lowest BCUT2D eigenvalue weighted by Gasteiger charge is -2.17. The van der Waals surface area contributed by atoms with Crippen molar-refractivity contribution in [2.75, 3.05) is 19.8 Å². The van der Waals surface area contributed by atoms with Crippen LogP contribution in [0.25, 0.3) is 0 Å². The Morgan fingerprint density at radius 2 is 2.05 bits per heavy atom. The van der Waals surface area contributed by atoms with Gasteiger partial charge >= 0.3 is 0 Å². The lowest BCUT2D eigenvalue weighted by atomic mass is 9.98. The number of halogens is 1. The second-order valence-corrected chi connectivity index (χ2v) is 6.64. The van der Waals surface area contributed by atoms with Gasteiger partial charge in [0, 0.05) is 30.8 Å². The van der Waals surface area contributed by atoms with E-state index in [4.69, 9.17) is 23.8 Å². The lowest BCUT2D eigenvalue weighted by molar-refractivity contribution is -0.120. The first-order valence-electron chi connectivity index (χ1n) is 5.99. The van der Waals surface area contributed by atoms with E-state index in [0.29, 0.717) is 17.2 Å². The summed E-state index contributed by atoms with van der Waals surface area (Å²) in [6, 6.07) is 7.65. The van der Waals surface area contributed by atoms with Crippen LogP contribution < -0.4 is 0 Å². The number of thiocarbonyl (C=S) groups is 1. The van der Waals surface area contributed by atoms with Gasteiger partial charge in [0.2, 0.25) is 0 Å². The van der Waals surface area contributed by atoms with Gasteiger partial charge in [0.1, 0.15) is 10.1 Å². The molecule has 0 heterocycles. The van der Waals surface area contributed by atoms with E-state index < -0.39 is 0 Å². The molecule has 0 saturated heterocycles. The topological polar surface area (TPSA) is 20.3 Å². The van der Waals surface area contributed by atoms with Gasteiger partial charge in [-0.2, -0.15) is 0 Å². The van der Waals surface area contributed by atoms with Crippen LogP contribution in [0.5, 0.6) is 0 Å². The monoisotopic (exact) mass is 315 g/mol. The van der Waals surface area contributed by atoms with E-state index in [-0.39, 0.29) is 11.7 Å². The van der Waals surface area contributed by atoms with Crippen molar-refractivity contribution in [3.63, 3.8) is 0 Å². The highest BCUT2D eigenvalue weighted by Gasteiger charge is 2.17. The van der Waals surface area contributed by atoms with Gasteiger partial charge in [0.05, 0.1) is 0 Å². The summed E-state index contributed by atoms with van der Waals surface area (Å²) in [5.74, 6) is 0.814. The second-order valence-electron chi connectivity index (χ2n) is 4.57. The molecular weight excluding hydrogens is 298 g/mol. The Morgan fingerprint density at radius 1 is 1.42 bits per heavy atom. The molecule has 0 aromatic heterocycles. The molecule has 1 rings (SSSR count). The summed E-state index contributed by atoms with van der Waals surface area (Å²) in [5, 5.41) is 0.717. The maximum absolute atomic E-state index is 11.7. The fraction of sp³-hybridized carbons (Fsp3) is 0.429. The van der Waals surface area contributed by atoms with Gasteiger partial charge in [0.15, 0.2) is 0 Å². The summed E-state index contributed by atoms with van der Waals surface area (Å²) in [6.45, 7) is 1.63. The molecule has 1 aromatic carbocycles. The predicted molar refractivity (Wildman–Crippen MR) is 88.1 cm³/mol. The average Bonchev–Trinajstić information content (AvgIpc) is 2.35. The molecule has 2 nitrogen and oxygen atoms in total. The maximum Gasteiger partial charge on any atom is 0.135 e. The van der Waals surface area contributed by atoms with Crippen LogP contribution in [-0.4, -0.2) is 34.9 Å². The largest absolute Gasteiger partial charge is 0.364 e. The van der Waals surface area contributed by atoms with E-state index in [2.05, 4.69) is 0 Å². The molecule has 0 aliphatic heterocycles. The second kappa shape index (κ2) is 7.88. The van der Waals surface area contributed by atoms with Crippen molar-refractivity contribution in [1.29, 1.82) is 0 Å². The number of benzene rings is 1. The number of nitrogens with zero attached hydrogens (tertiary/aromatic N) is 1. The summed E-state index contributed by atoms with van der Waals surface area (Å²) < 4.78 is 0.797. The molecule has 0 radical (unpaired) electrons. The van der Waals surface area contributed by atoms with Crippen LogP contribution in [0.1, 0.15) is 12.5 Å². The normalized spacial score (nSPS) is 12.0. The van der Waals surface area contributed by atoms with Crippen LogP contribution >= 0.6 is 35.6 Å². The van der Waals surface area contributed by atoms with E-state index in [1.165, 1.54) is 11.8 Å². The van der Waals surface area contributed by atoms with Gasteiger partial charge in [0.25, 0.3) is 0 Å². The molecule has 1 unspecified atom stereocenters.